The molecule has 0 spiro atoms. The van der Waals surface area contributed by atoms with Gasteiger partial charge in [-0.2, -0.15) is 5.10 Å². The molecule has 36 heavy (non-hydrogen) atoms. The van der Waals surface area contributed by atoms with Gasteiger partial charge in [-0.25, -0.2) is 9.97 Å². The first kappa shape index (κ1) is 24.2. The first-order chi connectivity index (χ1) is 17.5. The zero-order chi connectivity index (χ0) is 25.1. The van der Waals surface area contributed by atoms with E-state index in [2.05, 4.69) is 20.5 Å². The Labute approximate surface area is 224 Å². The van der Waals surface area contributed by atoms with Gasteiger partial charge >= 0.3 is 0 Å². The Morgan fingerprint density at radius 1 is 1.03 bits per heavy atom. The van der Waals surface area contributed by atoms with Crippen molar-refractivity contribution in [3.63, 3.8) is 0 Å². The van der Waals surface area contributed by atoms with Crippen LogP contribution in [0.4, 0.5) is 11.5 Å². The highest BCUT2D eigenvalue weighted by Crippen LogP contribution is 2.49. The Balaban J connectivity index is 1.60. The maximum Gasteiger partial charge on any atom is 0.283 e. The minimum Gasteiger partial charge on any atom is -0.261 e. The molecule has 0 radical (unpaired) electrons. The molecule has 5 rings (SSSR count). The Bertz CT molecular complexity index is 1610. The van der Waals surface area contributed by atoms with E-state index in [4.69, 9.17) is 23.2 Å². The summed E-state index contributed by atoms with van der Waals surface area (Å²) in [6, 6.07) is 21.6. The third kappa shape index (κ3) is 5.05. The number of thiophene rings is 1. The molecule has 0 fully saturated rings. The molecule has 11 heteroatoms. The van der Waals surface area contributed by atoms with Crippen LogP contribution in [0, 0.1) is 10.1 Å². The summed E-state index contributed by atoms with van der Waals surface area (Å²) < 4.78 is 0.860. The van der Waals surface area contributed by atoms with E-state index in [1.807, 2.05) is 30.3 Å². The number of rotatable bonds is 7. The first-order valence-electron chi connectivity index (χ1n) is 10.5. The average Bonchev–Trinajstić information content (AvgIpc) is 3.25. The van der Waals surface area contributed by atoms with E-state index in [-0.39, 0.29) is 10.6 Å². The molecule has 3 aromatic carbocycles. The molecule has 0 aliphatic heterocycles. The Morgan fingerprint density at radius 2 is 1.81 bits per heavy atom. The summed E-state index contributed by atoms with van der Waals surface area (Å²) in [4.78, 5) is 21.4. The molecular formula is C25H15Cl2N5O2S2. The lowest BCUT2D eigenvalue weighted by molar-refractivity contribution is -0.387. The van der Waals surface area contributed by atoms with Gasteiger partial charge in [0, 0.05) is 22.2 Å². The Morgan fingerprint density at radius 3 is 2.58 bits per heavy atom. The molecular weight excluding hydrogens is 537 g/mol. The van der Waals surface area contributed by atoms with Gasteiger partial charge in [-0.1, -0.05) is 83.5 Å². The van der Waals surface area contributed by atoms with E-state index in [1.54, 1.807) is 42.6 Å². The summed E-state index contributed by atoms with van der Waals surface area (Å²) >= 11 is 15.0. The van der Waals surface area contributed by atoms with E-state index in [0.717, 1.165) is 25.6 Å². The second-order valence-corrected chi connectivity index (χ2v) is 10.5. The van der Waals surface area contributed by atoms with Crippen LogP contribution >= 0.6 is 46.3 Å². The van der Waals surface area contributed by atoms with Gasteiger partial charge in [0.15, 0.2) is 5.82 Å². The number of nitro groups is 1. The molecule has 2 heterocycles. The highest BCUT2D eigenvalue weighted by molar-refractivity contribution is 8.01. The van der Waals surface area contributed by atoms with Crippen molar-refractivity contribution >= 4 is 74.2 Å². The van der Waals surface area contributed by atoms with Crippen LogP contribution in [0.25, 0.3) is 21.3 Å². The highest BCUT2D eigenvalue weighted by atomic mass is 35.5. The van der Waals surface area contributed by atoms with Crippen LogP contribution in [-0.2, 0) is 0 Å². The van der Waals surface area contributed by atoms with Crippen molar-refractivity contribution in [2.24, 2.45) is 5.10 Å². The molecule has 0 aliphatic rings. The van der Waals surface area contributed by atoms with Gasteiger partial charge in [0.2, 0.25) is 0 Å². The van der Waals surface area contributed by atoms with Crippen molar-refractivity contribution in [1.29, 1.82) is 0 Å². The van der Waals surface area contributed by atoms with Crippen molar-refractivity contribution in [2.45, 2.75) is 9.10 Å². The number of hydrogen-bond acceptors (Lipinski definition) is 8. The van der Waals surface area contributed by atoms with Gasteiger partial charge in [-0.3, -0.25) is 15.5 Å². The molecule has 5 aromatic rings. The third-order valence-electron chi connectivity index (χ3n) is 5.12. The number of fused-ring (bicyclic) bond motifs is 1. The second-order valence-electron chi connectivity index (χ2n) is 7.40. The normalized spacial score (nSPS) is 11.3. The number of nitro benzene ring substituents is 1. The van der Waals surface area contributed by atoms with Gasteiger partial charge in [0.25, 0.3) is 5.69 Å². The lowest BCUT2D eigenvalue weighted by atomic mass is 10.1. The Kier molecular flexibility index (Phi) is 7.15. The monoisotopic (exact) mass is 551 g/mol. The maximum absolute atomic E-state index is 11.6. The summed E-state index contributed by atoms with van der Waals surface area (Å²) in [6.07, 6.45) is 3.05. The van der Waals surface area contributed by atoms with Crippen molar-refractivity contribution in [1.82, 2.24) is 9.97 Å². The fourth-order valence-electron chi connectivity index (χ4n) is 3.50. The topological polar surface area (TPSA) is 93.3 Å². The van der Waals surface area contributed by atoms with E-state index < -0.39 is 0 Å². The van der Waals surface area contributed by atoms with Crippen LogP contribution < -0.4 is 5.43 Å². The largest absolute Gasteiger partial charge is 0.283 e. The molecule has 0 amide bonds. The predicted molar refractivity (Wildman–Crippen MR) is 148 cm³/mol. The van der Waals surface area contributed by atoms with Crippen LogP contribution in [0.1, 0.15) is 5.56 Å². The van der Waals surface area contributed by atoms with Crippen LogP contribution in [0.2, 0.25) is 10.0 Å². The van der Waals surface area contributed by atoms with Gasteiger partial charge in [-0.15, -0.1) is 11.3 Å². The number of anilines is 1. The zero-order valence-electron chi connectivity index (χ0n) is 18.3. The molecule has 7 nitrogen and oxygen atoms in total. The van der Waals surface area contributed by atoms with Crippen LogP contribution in [0.5, 0.6) is 0 Å². The average molecular weight is 552 g/mol. The molecule has 0 saturated heterocycles. The van der Waals surface area contributed by atoms with E-state index in [1.165, 1.54) is 35.5 Å². The number of hydrogen-bond donors (Lipinski definition) is 1. The molecule has 0 atom stereocenters. The number of hydrazone groups is 1. The standard InChI is InChI=1S/C25H15Cl2N5O2S2/c26-17-11-10-16(18(27)12-17)13-30-31-23-22-21(15-6-2-1-3-7-15)25(36-24(22)29-14-28-23)35-20-9-5-4-8-19(20)32(33)34/h1-14H,(H,28,29,31)/b30-13-. The minimum absolute atomic E-state index is 0.0489. The van der Waals surface area contributed by atoms with Crippen molar-refractivity contribution in [3.05, 3.63) is 105 Å². The third-order valence-corrected chi connectivity index (χ3v) is 8.03. The van der Waals surface area contributed by atoms with Crippen molar-refractivity contribution in [3.8, 4) is 11.1 Å². The first-order valence-corrected chi connectivity index (χ1v) is 12.9. The fourth-order valence-corrected chi connectivity index (χ4v) is 6.44. The van der Waals surface area contributed by atoms with Gasteiger partial charge < -0.3 is 0 Å². The van der Waals surface area contributed by atoms with Gasteiger partial charge in [0.05, 0.1) is 30.7 Å². The highest BCUT2D eigenvalue weighted by Gasteiger charge is 2.22. The number of benzene rings is 3. The molecule has 178 valence electrons. The fraction of sp³-hybridized carbons (Fsp3) is 0. The van der Waals surface area contributed by atoms with Crippen LogP contribution in [0.3, 0.4) is 0 Å². The predicted octanol–water partition coefficient (Wildman–Crippen LogP) is 8.17. The Hall–Kier alpha value is -3.50. The number of para-hydroxylation sites is 1. The summed E-state index contributed by atoms with van der Waals surface area (Å²) in [5.74, 6) is 0.505. The van der Waals surface area contributed by atoms with Gasteiger partial charge in [0.1, 0.15) is 11.2 Å². The lowest BCUT2D eigenvalue weighted by Crippen LogP contribution is -1.96. The molecule has 0 bridgehead atoms. The quantitative estimate of drug-likeness (QED) is 0.124. The minimum atomic E-state index is -0.374. The van der Waals surface area contributed by atoms with Crippen molar-refractivity contribution in [2.75, 3.05) is 5.43 Å². The van der Waals surface area contributed by atoms with Crippen molar-refractivity contribution < 1.29 is 4.92 Å². The molecule has 0 saturated carbocycles. The second kappa shape index (κ2) is 10.6. The SMILES string of the molecule is O=[N+]([O-])c1ccccc1Sc1sc2ncnc(N/N=C\c3ccc(Cl)cc3Cl)c2c1-c1ccccc1. The van der Waals surface area contributed by atoms with Gasteiger partial charge in [-0.05, 0) is 23.8 Å². The van der Waals surface area contributed by atoms with E-state index in [0.29, 0.717) is 26.3 Å². The summed E-state index contributed by atoms with van der Waals surface area (Å²) in [5.41, 5.74) is 5.57. The summed E-state index contributed by atoms with van der Waals surface area (Å²) in [5, 5.41) is 17.7. The number of halogens is 2. The molecule has 1 N–H and O–H groups in total. The lowest BCUT2D eigenvalue weighted by Gasteiger charge is -2.08. The van der Waals surface area contributed by atoms with Crippen LogP contribution in [-0.4, -0.2) is 21.1 Å². The van der Waals surface area contributed by atoms with E-state index >= 15 is 0 Å². The summed E-state index contributed by atoms with van der Waals surface area (Å²) in [7, 11) is 0. The van der Waals surface area contributed by atoms with Crippen LogP contribution in [0.15, 0.2) is 93.3 Å². The number of aromatic nitrogens is 2. The smallest absolute Gasteiger partial charge is 0.261 e. The molecule has 0 unspecified atom stereocenters. The molecule has 2 aromatic heterocycles. The number of nitrogens with zero attached hydrogens (tertiary/aromatic N) is 4. The van der Waals surface area contributed by atoms with E-state index in [9.17, 15) is 10.1 Å². The maximum atomic E-state index is 11.6. The molecule has 0 aliphatic carbocycles. The zero-order valence-corrected chi connectivity index (χ0v) is 21.4. The number of nitrogens with one attached hydrogen (secondary N) is 1. The summed E-state index contributed by atoms with van der Waals surface area (Å²) in [6.45, 7) is 0.